The normalized spacial score (nSPS) is 12.5. The summed E-state index contributed by atoms with van der Waals surface area (Å²) < 4.78 is 32.4. The Morgan fingerprint density at radius 2 is 1.95 bits per heavy atom. The Labute approximate surface area is 131 Å². The quantitative estimate of drug-likeness (QED) is 0.837. The van der Waals surface area contributed by atoms with E-state index in [1.807, 2.05) is 20.8 Å². The molecule has 0 unspecified atom stereocenters. The zero-order chi connectivity index (χ0) is 16.3. The van der Waals surface area contributed by atoms with Crippen LogP contribution in [0.2, 0.25) is 5.02 Å². The second kappa shape index (κ2) is 6.96. The summed E-state index contributed by atoms with van der Waals surface area (Å²) in [7, 11) is -2.39. The topological polar surface area (TPSA) is 75.6 Å². The molecule has 0 spiro atoms. The van der Waals surface area contributed by atoms with Gasteiger partial charge in [-0.3, -0.25) is 0 Å². The van der Waals surface area contributed by atoms with Gasteiger partial charge in [0.1, 0.15) is 10.6 Å². The van der Waals surface area contributed by atoms with Gasteiger partial charge in [-0.2, -0.15) is 0 Å². The number of hydrogen-bond donors (Lipinski definition) is 2. The molecule has 0 saturated heterocycles. The molecule has 21 heavy (non-hydrogen) atoms. The summed E-state index contributed by atoms with van der Waals surface area (Å²) in [5, 5.41) is 9.53. The van der Waals surface area contributed by atoms with Crippen LogP contribution in [0.1, 0.15) is 32.8 Å². The number of methoxy groups -OCH3 is 1. The van der Waals surface area contributed by atoms with Crippen LogP contribution in [0.5, 0.6) is 5.75 Å². The van der Waals surface area contributed by atoms with Crippen LogP contribution in [0.4, 0.5) is 0 Å². The van der Waals surface area contributed by atoms with Crippen LogP contribution >= 0.6 is 11.6 Å². The van der Waals surface area contributed by atoms with E-state index in [0.29, 0.717) is 18.5 Å². The maximum absolute atomic E-state index is 12.4. The van der Waals surface area contributed by atoms with Crippen molar-refractivity contribution in [3.8, 4) is 5.75 Å². The van der Waals surface area contributed by atoms with Crippen molar-refractivity contribution < 1.29 is 18.3 Å². The number of benzene rings is 1. The molecule has 0 saturated carbocycles. The van der Waals surface area contributed by atoms with Crippen molar-refractivity contribution in [1.82, 2.24) is 4.72 Å². The van der Waals surface area contributed by atoms with Gasteiger partial charge in [0.2, 0.25) is 10.0 Å². The molecule has 0 aliphatic carbocycles. The molecule has 0 aliphatic rings. The van der Waals surface area contributed by atoms with E-state index in [0.717, 1.165) is 0 Å². The van der Waals surface area contributed by atoms with Crippen molar-refractivity contribution in [2.24, 2.45) is 5.41 Å². The molecule has 0 fully saturated rings. The van der Waals surface area contributed by atoms with Crippen LogP contribution in [0, 0.1) is 5.41 Å². The minimum Gasteiger partial charge on any atom is -0.495 e. The van der Waals surface area contributed by atoms with Gasteiger partial charge in [0, 0.05) is 17.1 Å². The molecule has 5 nitrogen and oxygen atoms in total. The fourth-order valence-corrected chi connectivity index (χ4v) is 3.38. The third-order valence-corrected chi connectivity index (χ3v) is 4.61. The summed E-state index contributed by atoms with van der Waals surface area (Å²) in [5.41, 5.74) is 0.359. The Morgan fingerprint density at radius 1 is 1.33 bits per heavy atom. The van der Waals surface area contributed by atoms with Gasteiger partial charge < -0.3 is 9.84 Å². The lowest BCUT2D eigenvalue weighted by Gasteiger charge is -2.19. The molecular weight excluding hydrogens is 314 g/mol. The molecule has 0 amide bonds. The van der Waals surface area contributed by atoms with E-state index < -0.39 is 10.0 Å². The standard InChI is InChI=1S/C14H22ClNO4S/c1-14(2,3)5-6-16-21(18,19)12-8-11(15)7-10(9-17)13(12)20-4/h7-8,16-17H,5-6,9H2,1-4H3. The molecule has 7 heteroatoms. The molecule has 1 aromatic carbocycles. The minimum atomic E-state index is -3.75. The summed E-state index contributed by atoms with van der Waals surface area (Å²) in [6.07, 6.45) is 0.696. The molecule has 1 rings (SSSR count). The van der Waals surface area contributed by atoms with Gasteiger partial charge in [0.05, 0.1) is 13.7 Å². The third kappa shape index (κ3) is 5.14. The highest BCUT2D eigenvalue weighted by atomic mass is 35.5. The van der Waals surface area contributed by atoms with Crippen molar-refractivity contribution in [2.75, 3.05) is 13.7 Å². The number of hydrogen-bond acceptors (Lipinski definition) is 4. The van der Waals surface area contributed by atoms with Crippen molar-refractivity contribution in [2.45, 2.75) is 38.7 Å². The molecule has 1 aromatic rings. The van der Waals surface area contributed by atoms with Gasteiger partial charge in [-0.05, 0) is 24.0 Å². The van der Waals surface area contributed by atoms with Crippen molar-refractivity contribution in [3.63, 3.8) is 0 Å². The zero-order valence-corrected chi connectivity index (χ0v) is 14.3. The van der Waals surface area contributed by atoms with E-state index in [-0.39, 0.29) is 27.7 Å². The van der Waals surface area contributed by atoms with Gasteiger partial charge in [-0.15, -0.1) is 0 Å². The summed E-state index contributed by atoms with van der Waals surface area (Å²) in [4.78, 5) is -0.0598. The van der Waals surface area contributed by atoms with E-state index >= 15 is 0 Å². The first-order chi connectivity index (χ1) is 9.60. The number of aliphatic hydroxyl groups excluding tert-OH is 1. The maximum Gasteiger partial charge on any atom is 0.244 e. The first-order valence-electron chi connectivity index (χ1n) is 6.57. The van der Waals surface area contributed by atoms with E-state index in [9.17, 15) is 13.5 Å². The lowest BCUT2D eigenvalue weighted by atomic mass is 9.93. The third-order valence-electron chi connectivity index (χ3n) is 2.93. The van der Waals surface area contributed by atoms with Crippen molar-refractivity contribution >= 4 is 21.6 Å². The van der Waals surface area contributed by atoms with Gasteiger partial charge >= 0.3 is 0 Å². The summed E-state index contributed by atoms with van der Waals surface area (Å²) in [6, 6.07) is 2.80. The molecule has 120 valence electrons. The predicted octanol–water partition coefficient (Wildman–Crippen LogP) is 2.56. The van der Waals surface area contributed by atoms with Crippen LogP contribution in [0.25, 0.3) is 0 Å². The average molecular weight is 336 g/mol. The summed E-state index contributed by atoms with van der Waals surface area (Å²) >= 11 is 5.91. The number of sulfonamides is 1. The number of rotatable bonds is 6. The SMILES string of the molecule is COc1c(CO)cc(Cl)cc1S(=O)(=O)NCCC(C)(C)C. The van der Waals surface area contributed by atoms with Gasteiger partial charge in [0.15, 0.2) is 0 Å². The predicted molar refractivity (Wildman–Crippen MR) is 83.2 cm³/mol. The molecular formula is C14H22ClNO4S. The summed E-state index contributed by atoms with van der Waals surface area (Å²) in [6.45, 7) is 6.06. The Balaban J connectivity index is 3.10. The van der Waals surface area contributed by atoms with Crippen LogP contribution in [0.3, 0.4) is 0 Å². The fourth-order valence-electron chi connectivity index (χ4n) is 1.81. The van der Waals surface area contributed by atoms with Crippen LogP contribution in [-0.2, 0) is 16.6 Å². The molecule has 0 radical (unpaired) electrons. The number of ether oxygens (including phenoxy) is 1. The highest BCUT2D eigenvalue weighted by Gasteiger charge is 2.23. The van der Waals surface area contributed by atoms with Gasteiger partial charge in [0.25, 0.3) is 0 Å². The first kappa shape index (κ1) is 18.2. The fraction of sp³-hybridized carbons (Fsp3) is 0.571. The van der Waals surface area contributed by atoms with E-state index in [2.05, 4.69) is 4.72 Å². The smallest absolute Gasteiger partial charge is 0.244 e. The number of halogens is 1. The molecule has 0 atom stereocenters. The summed E-state index contributed by atoms with van der Waals surface area (Å²) in [5.74, 6) is 0.116. The highest BCUT2D eigenvalue weighted by Crippen LogP contribution is 2.32. The molecule has 2 N–H and O–H groups in total. The first-order valence-corrected chi connectivity index (χ1v) is 8.44. The minimum absolute atomic E-state index is 0.0250. The van der Waals surface area contributed by atoms with Crippen LogP contribution in [-0.4, -0.2) is 27.2 Å². The molecule has 0 aromatic heterocycles. The Hall–Kier alpha value is -0.820. The molecule has 0 bridgehead atoms. The van der Waals surface area contributed by atoms with E-state index in [1.165, 1.54) is 19.2 Å². The zero-order valence-electron chi connectivity index (χ0n) is 12.7. The molecule has 0 heterocycles. The monoisotopic (exact) mass is 335 g/mol. The second-order valence-electron chi connectivity index (χ2n) is 5.96. The van der Waals surface area contributed by atoms with Gasteiger partial charge in [-0.1, -0.05) is 32.4 Å². The second-order valence-corrected chi connectivity index (χ2v) is 8.13. The lowest BCUT2D eigenvalue weighted by molar-refractivity contribution is 0.272. The lowest BCUT2D eigenvalue weighted by Crippen LogP contribution is -2.28. The Bertz CT molecular complexity index is 594. The average Bonchev–Trinajstić information content (AvgIpc) is 2.35. The van der Waals surface area contributed by atoms with Crippen LogP contribution < -0.4 is 9.46 Å². The highest BCUT2D eigenvalue weighted by molar-refractivity contribution is 7.89. The molecule has 0 aliphatic heterocycles. The van der Waals surface area contributed by atoms with Gasteiger partial charge in [-0.25, -0.2) is 13.1 Å². The van der Waals surface area contributed by atoms with E-state index in [1.54, 1.807) is 0 Å². The Kier molecular flexibility index (Phi) is 6.04. The van der Waals surface area contributed by atoms with E-state index in [4.69, 9.17) is 16.3 Å². The Morgan fingerprint density at radius 3 is 2.43 bits per heavy atom. The van der Waals surface area contributed by atoms with Crippen molar-refractivity contribution in [1.29, 1.82) is 0 Å². The largest absolute Gasteiger partial charge is 0.495 e. The number of nitrogens with one attached hydrogen (secondary N) is 1. The maximum atomic E-state index is 12.4. The van der Waals surface area contributed by atoms with Crippen molar-refractivity contribution in [3.05, 3.63) is 22.7 Å². The van der Waals surface area contributed by atoms with Crippen LogP contribution in [0.15, 0.2) is 17.0 Å². The number of aliphatic hydroxyl groups is 1.